The average Bonchev–Trinajstić information content (AvgIpc) is 3.47. The Hall–Kier alpha value is -1.96. The van der Waals surface area contributed by atoms with E-state index in [1.54, 1.807) is 26.8 Å². The van der Waals surface area contributed by atoms with Crippen molar-refractivity contribution >= 4 is 17.3 Å². The van der Waals surface area contributed by atoms with Gasteiger partial charge in [0.25, 0.3) is 0 Å². The summed E-state index contributed by atoms with van der Waals surface area (Å²) in [5, 5.41) is 9.42. The number of rotatable bonds is 7. The highest BCUT2D eigenvalue weighted by Crippen LogP contribution is 2.46. The third kappa shape index (κ3) is 5.10. The number of benzene rings is 2. The number of carboxylic acids is 1. The van der Waals surface area contributed by atoms with Gasteiger partial charge in [-0.3, -0.25) is 4.79 Å². The number of nitrogens with one attached hydrogen (secondary N) is 1. The van der Waals surface area contributed by atoms with Crippen molar-refractivity contribution in [3.05, 3.63) is 58.2 Å². The van der Waals surface area contributed by atoms with Crippen LogP contribution in [0.2, 0.25) is 0 Å². The molecule has 0 heterocycles. The number of aryl methyl sites for hydroxylation is 2. The molecule has 1 unspecified atom stereocenters. The van der Waals surface area contributed by atoms with Gasteiger partial charge in [-0.2, -0.15) is 0 Å². The Balaban J connectivity index is 2.24. The second kappa shape index (κ2) is 8.88. The van der Waals surface area contributed by atoms with E-state index in [0.717, 1.165) is 24.0 Å². The molecule has 2 aromatic rings. The van der Waals surface area contributed by atoms with E-state index in [1.807, 2.05) is 32.0 Å². The Labute approximate surface area is 185 Å². The van der Waals surface area contributed by atoms with Crippen molar-refractivity contribution in [3.63, 3.8) is 0 Å². The molecule has 0 spiro atoms. The van der Waals surface area contributed by atoms with Crippen molar-refractivity contribution in [2.24, 2.45) is 0 Å². The van der Waals surface area contributed by atoms with Gasteiger partial charge in [-0.15, -0.1) is 4.72 Å². The molecule has 0 aliphatic heterocycles. The molecule has 0 aromatic heterocycles. The van der Waals surface area contributed by atoms with Crippen LogP contribution in [-0.4, -0.2) is 20.4 Å². The van der Waals surface area contributed by atoms with Crippen LogP contribution in [0.25, 0.3) is 11.1 Å². The molecule has 168 valence electrons. The van der Waals surface area contributed by atoms with E-state index < -0.39 is 46.2 Å². The van der Waals surface area contributed by atoms with Gasteiger partial charge in [-0.25, -0.2) is 8.78 Å². The highest BCUT2D eigenvalue weighted by atomic mass is 32.2. The summed E-state index contributed by atoms with van der Waals surface area (Å²) < 4.78 is 46.2. The summed E-state index contributed by atoms with van der Waals surface area (Å²) in [6.45, 7) is 8.86. The van der Waals surface area contributed by atoms with Crippen LogP contribution < -0.4 is 4.72 Å². The van der Waals surface area contributed by atoms with E-state index in [4.69, 9.17) is 0 Å². The van der Waals surface area contributed by atoms with Crippen molar-refractivity contribution in [3.8, 4) is 11.1 Å². The second-order valence-corrected chi connectivity index (χ2v) is 11.2. The van der Waals surface area contributed by atoms with Crippen LogP contribution in [0.15, 0.2) is 24.3 Å². The van der Waals surface area contributed by atoms with Crippen molar-refractivity contribution in [1.82, 2.24) is 4.72 Å². The molecule has 2 atom stereocenters. The normalized spacial score (nSPS) is 16.3. The third-order valence-electron chi connectivity index (χ3n) is 5.56. The van der Waals surface area contributed by atoms with E-state index in [0.29, 0.717) is 11.1 Å². The molecular formula is C24H29F2NO3S. The van der Waals surface area contributed by atoms with Gasteiger partial charge in [-0.1, -0.05) is 18.2 Å². The Kier molecular flexibility index (Phi) is 6.79. The Morgan fingerprint density at radius 3 is 2.29 bits per heavy atom. The molecule has 2 N–H and O–H groups in total. The zero-order valence-corrected chi connectivity index (χ0v) is 19.3. The Bertz CT molecular complexity index is 979. The Morgan fingerprint density at radius 2 is 1.81 bits per heavy atom. The fourth-order valence-electron chi connectivity index (χ4n) is 3.78. The molecule has 7 heteroatoms. The summed E-state index contributed by atoms with van der Waals surface area (Å²) >= 11 is -1.71. The highest BCUT2D eigenvalue weighted by molar-refractivity contribution is 7.90. The average molecular weight is 450 g/mol. The van der Waals surface area contributed by atoms with E-state index in [9.17, 15) is 14.5 Å². The minimum Gasteiger partial charge on any atom is -0.598 e. The minimum absolute atomic E-state index is 0.0129. The van der Waals surface area contributed by atoms with Crippen molar-refractivity contribution in [2.45, 2.75) is 70.6 Å². The molecule has 0 saturated heterocycles. The maximum atomic E-state index is 15.9. The second-order valence-electron chi connectivity index (χ2n) is 9.25. The monoisotopic (exact) mass is 449 g/mol. The molecule has 31 heavy (non-hydrogen) atoms. The lowest BCUT2D eigenvalue weighted by Gasteiger charge is -2.28. The molecule has 0 radical (unpaired) electrons. The molecule has 1 aliphatic carbocycles. The first kappa shape index (κ1) is 23.7. The zero-order chi connectivity index (χ0) is 23.1. The van der Waals surface area contributed by atoms with Crippen LogP contribution in [0.3, 0.4) is 0 Å². The summed E-state index contributed by atoms with van der Waals surface area (Å²) in [4.78, 5) is 11.5. The molecule has 3 rings (SSSR count). The number of carbonyl (C=O) groups is 1. The molecule has 0 amide bonds. The largest absolute Gasteiger partial charge is 0.598 e. The zero-order valence-electron chi connectivity index (χ0n) is 18.5. The van der Waals surface area contributed by atoms with Gasteiger partial charge in [0.15, 0.2) is 0 Å². The maximum absolute atomic E-state index is 15.9. The standard InChI is InChI=1S/C24H29F2NO3S/c1-13-7-6-8-14(2)20(13)17-11-16(15-9-10-15)22(25)21(23(17)26)18(12-19(28)29)27-31(30)24(3,4)5/h6-8,11,15,18,27H,9-10,12H2,1-5H3,(H,28,29)/t18-,31?/m0/s1. The van der Waals surface area contributed by atoms with Crippen LogP contribution in [-0.2, 0) is 16.2 Å². The number of aliphatic carboxylic acids is 1. The Morgan fingerprint density at radius 1 is 1.23 bits per heavy atom. The number of hydrogen-bond acceptors (Lipinski definition) is 3. The highest BCUT2D eigenvalue weighted by Gasteiger charge is 2.37. The lowest BCUT2D eigenvalue weighted by atomic mass is 9.88. The van der Waals surface area contributed by atoms with Crippen LogP contribution in [0, 0.1) is 25.5 Å². The van der Waals surface area contributed by atoms with Crippen molar-refractivity contribution in [1.29, 1.82) is 0 Å². The summed E-state index contributed by atoms with van der Waals surface area (Å²) in [6.07, 6.45) is 1.02. The van der Waals surface area contributed by atoms with E-state index in [1.165, 1.54) is 0 Å². The summed E-state index contributed by atoms with van der Waals surface area (Å²) in [5.41, 5.74) is 2.68. The van der Waals surface area contributed by atoms with Gasteiger partial charge in [0.1, 0.15) is 16.4 Å². The minimum atomic E-state index is -1.71. The molecule has 4 nitrogen and oxygen atoms in total. The number of carboxylic acid groups (broad SMARTS) is 1. The van der Waals surface area contributed by atoms with Crippen LogP contribution in [0.4, 0.5) is 8.78 Å². The molecule has 1 fully saturated rings. The molecule has 2 aromatic carbocycles. The smallest absolute Gasteiger partial charge is 0.305 e. The molecular weight excluding hydrogens is 420 g/mol. The van der Waals surface area contributed by atoms with Gasteiger partial charge in [0.05, 0.1) is 12.5 Å². The predicted molar refractivity (Wildman–Crippen MR) is 119 cm³/mol. The molecule has 0 bridgehead atoms. The SMILES string of the molecule is Cc1cccc(C)c1-c1cc(C2CC2)c(F)c([C@H](CC(=O)O)N[S+]([O-])C(C)(C)C)c1F. The summed E-state index contributed by atoms with van der Waals surface area (Å²) in [5.74, 6) is -2.78. The lowest BCUT2D eigenvalue weighted by molar-refractivity contribution is -0.137. The topological polar surface area (TPSA) is 72.4 Å². The fourth-order valence-corrected chi connectivity index (χ4v) is 4.59. The van der Waals surface area contributed by atoms with Crippen LogP contribution in [0.5, 0.6) is 0 Å². The van der Waals surface area contributed by atoms with E-state index in [2.05, 4.69) is 4.72 Å². The summed E-state index contributed by atoms with van der Waals surface area (Å²) in [6, 6.07) is 5.91. The molecule has 1 aliphatic rings. The van der Waals surface area contributed by atoms with Gasteiger partial charge in [0.2, 0.25) is 0 Å². The first-order valence-corrected chi connectivity index (χ1v) is 11.5. The van der Waals surface area contributed by atoms with Crippen LogP contribution in [0.1, 0.15) is 74.2 Å². The molecule has 1 saturated carbocycles. The first-order chi connectivity index (χ1) is 14.4. The number of hydrogen-bond donors (Lipinski definition) is 2. The maximum Gasteiger partial charge on any atom is 0.305 e. The van der Waals surface area contributed by atoms with E-state index >= 15 is 8.78 Å². The van der Waals surface area contributed by atoms with Crippen LogP contribution >= 0.6 is 0 Å². The number of halogens is 2. The third-order valence-corrected chi connectivity index (χ3v) is 7.17. The van der Waals surface area contributed by atoms with Crippen molar-refractivity contribution < 1.29 is 23.2 Å². The van der Waals surface area contributed by atoms with Crippen molar-refractivity contribution in [2.75, 3.05) is 0 Å². The predicted octanol–water partition coefficient (Wildman–Crippen LogP) is 5.69. The van der Waals surface area contributed by atoms with Gasteiger partial charge in [0, 0.05) is 22.5 Å². The quantitative estimate of drug-likeness (QED) is 0.533. The van der Waals surface area contributed by atoms with Gasteiger partial charge < -0.3 is 9.66 Å². The lowest BCUT2D eigenvalue weighted by Crippen LogP contribution is -2.42. The van der Waals surface area contributed by atoms with Gasteiger partial charge in [-0.05, 0) is 81.7 Å². The fraction of sp³-hybridized carbons (Fsp3) is 0.458. The summed E-state index contributed by atoms with van der Waals surface area (Å²) in [7, 11) is 0. The first-order valence-electron chi connectivity index (χ1n) is 10.4. The van der Waals surface area contributed by atoms with Gasteiger partial charge >= 0.3 is 5.97 Å². The van der Waals surface area contributed by atoms with E-state index in [-0.39, 0.29) is 17.0 Å².